The van der Waals surface area contributed by atoms with Crippen molar-refractivity contribution in [3.63, 3.8) is 0 Å². The summed E-state index contributed by atoms with van der Waals surface area (Å²) in [6.45, 7) is 0. The first kappa shape index (κ1) is 4.72. The van der Waals surface area contributed by atoms with Crippen molar-refractivity contribution >= 4 is 11.9 Å². The van der Waals surface area contributed by atoms with Gasteiger partial charge in [0, 0.05) is 6.08 Å². The van der Waals surface area contributed by atoms with E-state index in [2.05, 4.69) is 10.2 Å². The lowest BCUT2D eigenvalue weighted by molar-refractivity contribution is 1.11. The van der Waals surface area contributed by atoms with E-state index in [9.17, 15) is 0 Å². The normalized spacial score (nSPS) is 15.1. The molecule has 0 unspecified atom stereocenters. The standard InChI is InChI=1S/C5H3N3/c6-4-5-2-1-3-7-8-5/h1-3H/q+1. The van der Waals surface area contributed by atoms with Crippen LogP contribution in [0.4, 0.5) is 0 Å². The van der Waals surface area contributed by atoms with E-state index < -0.39 is 0 Å². The second-order valence-electron chi connectivity index (χ2n) is 1.22. The van der Waals surface area contributed by atoms with Gasteiger partial charge in [-0.2, -0.15) is 5.26 Å². The van der Waals surface area contributed by atoms with Crippen molar-refractivity contribution in [3.8, 4) is 6.07 Å². The summed E-state index contributed by atoms with van der Waals surface area (Å²) in [5.41, 5.74) is 0.354. The lowest BCUT2D eigenvalue weighted by Crippen LogP contribution is -1.96. The first-order valence-electron chi connectivity index (χ1n) is 2.11. The van der Waals surface area contributed by atoms with Crippen LogP contribution >= 0.6 is 0 Å². The minimum absolute atomic E-state index is 0.354. The van der Waals surface area contributed by atoms with Crippen LogP contribution in [-0.4, -0.2) is 11.9 Å². The van der Waals surface area contributed by atoms with Crippen LogP contribution in [0.25, 0.3) is 0 Å². The zero-order valence-electron chi connectivity index (χ0n) is 4.07. The molecule has 0 aromatic heterocycles. The Labute approximate surface area is 46.7 Å². The van der Waals surface area contributed by atoms with Gasteiger partial charge in [-0.15, -0.1) is 0 Å². The second kappa shape index (κ2) is 2.03. The van der Waals surface area contributed by atoms with Gasteiger partial charge < -0.3 is 0 Å². The number of nitriles is 1. The molecule has 3 nitrogen and oxygen atoms in total. The molecule has 1 aliphatic rings. The molecule has 1 heterocycles. The Bertz CT molecular complexity index is 204. The van der Waals surface area contributed by atoms with E-state index in [0.29, 0.717) is 5.71 Å². The Kier molecular flexibility index (Phi) is 1.20. The summed E-state index contributed by atoms with van der Waals surface area (Å²) in [5, 5.41) is 15.2. The van der Waals surface area contributed by atoms with Gasteiger partial charge in [0.25, 0.3) is 6.21 Å². The van der Waals surface area contributed by atoms with E-state index in [-0.39, 0.29) is 0 Å². The van der Waals surface area contributed by atoms with Crippen LogP contribution in [0.1, 0.15) is 0 Å². The zero-order valence-corrected chi connectivity index (χ0v) is 4.07. The van der Waals surface area contributed by atoms with Crippen LogP contribution in [0.2, 0.25) is 0 Å². The Balaban J connectivity index is 2.88. The van der Waals surface area contributed by atoms with Gasteiger partial charge in [0.1, 0.15) is 6.07 Å². The molecular formula is C5H3N3+. The molecule has 0 aromatic rings. The highest BCUT2D eigenvalue weighted by Gasteiger charge is 1.99. The molecule has 1 radical (unpaired) electrons. The molecule has 0 saturated carbocycles. The second-order valence-corrected chi connectivity index (χ2v) is 1.22. The first-order chi connectivity index (χ1) is 3.93. The van der Waals surface area contributed by atoms with Gasteiger partial charge in [0.05, 0.1) is 5.10 Å². The van der Waals surface area contributed by atoms with Crippen LogP contribution in [0.15, 0.2) is 17.3 Å². The maximum absolute atomic E-state index is 8.19. The van der Waals surface area contributed by atoms with Crippen molar-refractivity contribution < 1.29 is 0 Å². The van der Waals surface area contributed by atoms with Crippen LogP contribution in [0.3, 0.4) is 0 Å². The molecule has 0 aliphatic carbocycles. The summed E-state index contributed by atoms with van der Waals surface area (Å²) >= 11 is 0. The van der Waals surface area contributed by atoms with E-state index in [1.165, 1.54) is 6.21 Å². The third-order valence-corrected chi connectivity index (χ3v) is 0.687. The summed E-state index contributed by atoms with van der Waals surface area (Å²) in [7, 11) is 0. The van der Waals surface area contributed by atoms with Gasteiger partial charge in [-0.05, 0) is 6.08 Å². The van der Waals surface area contributed by atoms with Crippen LogP contribution in [0.5, 0.6) is 0 Å². The van der Waals surface area contributed by atoms with E-state index >= 15 is 0 Å². The molecule has 0 bridgehead atoms. The lowest BCUT2D eigenvalue weighted by Gasteiger charge is -1.73. The highest BCUT2D eigenvalue weighted by atomic mass is 15.2. The van der Waals surface area contributed by atoms with Gasteiger partial charge in [0.2, 0.25) is 10.8 Å². The molecule has 3 heteroatoms. The predicted octanol–water partition coefficient (Wildman–Crippen LogP) is -0.158. The summed E-state index contributed by atoms with van der Waals surface area (Å²) in [6.07, 6.45) is 4.80. The SMILES string of the molecule is N#CC1=N[N+]=CC=C1. The molecule has 8 heavy (non-hydrogen) atoms. The number of rotatable bonds is 0. The van der Waals surface area contributed by atoms with E-state index in [0.717, 1.165) is 0 Å². The van der Waals surface area contributed by atoms with Crippen molar-refractivity contribution in [1.29, 1.82) is 5.26 Å². The number of hydrogen-bond donors (Lipinski definition) is 0. The molecule has 0 atom stereocenters. The van der Waals surface area contributed by atoms with Crippen molar-refractivity contribution in [2.24, 2.45) is 5.10 Å². The average Bonchev–Trinajstić information content (AvgIpc) is 1.90. The molecule has 0 amide bonds. The minimum atomic E-state index is 0.354. The molecule has 1 aliphatic heterocycles. The minimum Gasteiger partial charge on any atom is -0.190 e. The number of hydrogen-bond acceptors (Lipinski definition) is 3. The highest BCUT2D eigenvalue weighted by molar-refractivity contribution is 6.09. The smallest absolute Gasteiger partial charge is 0.190 e. The molecule has 0 fully saturated rings. The zero-order chi connectivity index (χ0) is 5.82. The molecule has 0 aromatic carbocycles. The number of allylic oxidation sites excluding steroid dienone is 2. The van der Waals surface area contributed by atoms with Crippen molar-refractivity contribution in [2.45, 2.75) is 0 Å². The fraction of sp³-hybridized carbons (Fsp3) is 0. The maximum Gasteiger partial charge on any atom is 0.278 e. The Morgan fingerprint density at radius 3 is 3.00 bits per heavy atom. The third kappa shape index (κ3) is 0.793. The summed E-state index contributed by atoms with van der Waals surface area (Å²) in [4.78, 5) is 0. The van der Waals surface area contributed by atoms with E-state index in [1.54, 1.807) is 12.2 Å². The molecule has 0 saturated heterocycles. The van der Waals surface area contributed by atoms with Gasteiger partial charge in [-0.25, -0.2) is 0 Å². The lowest BCUT2D eigenvalue weighted by atomic mass is 10.3. The van der Waals surface area contributed by atoms with Gasteiger partial charge in [-0.3, -0.25) is 0 Å². The monoisotopic (exact) mass is 105 g/mol. The summed E-state index contributed by atoms with van der Waals surface area (Å²) in [5.74, 6) is 0. The van der Waals surface area contributed by atoms with Crippen molar-refractivity contribution in [3.05, 3.63) is 12.2 Å². The topological polar surface area (TPSA) is 50.2 Å². The van der Waals surface area contributed by atoms with Gasteiger partial charge >= 0.3 is 0 Å². The summed E-state index contributed by atoms with van der Waals surface area (Å²) < 4.78 is 0. The molecule has 1 rings (SSSR count). The molecule has 37 valence electrons. The molecular weight excluding hydrogens is 102 g/mol. The predicted molar refractivity (Wildman–Crippen MR) is 30.4 cm³/mol. The Hall–Kier alpha value is -1.43. The van der Waals surface area contributed by atoms with Gasteiger partial charge in [-0.1, -0.05) is 0 Å². The van der Waals surface area contributed by atoms with Crippen LogP contribution in [-0.2, 0) is 0 Å². The highest BCUT2D eigenvalue weighted by Crippen LogP contribution is 1.79. The molecule has 0 spiro atoms. The third-order valence-electron chi connectivity index (χ3n) is 0.687. The average molecular weight is 105 g/mol. The summed E-state index contributed by atoms with van der Waals surface area (Å²) in [6, 6.07) is 1.85. The molecule has 0 N–H and O–H groups in total. The van der Waals surface area contributed by atoms with Crippen molar-refractivity contribution in [1.82, 2.24) is 5.10 Å². The van der Waals surface area contributed by atoms with E-state index in [4.69, 9.17) is 5.26 Å². The van der Waals surface area contributed by atoms with Crippen LogP contribution < -0.4 is 5.10 Å². The largest absolute Gasteiger partial charge is 0.278 e. The van der Waals surface area contributed by atoms with Crippen LogP contribution in [0, 0.1) is 11.3 Å². The Morgan fingerprint density at radius 1 is 1.75 bits per heavy atom. The first-order valence-corrected chi connectivity index (χ1v) is 2.11. The maximum atomic E-state index is 8.19. The fourth-order valence-electron chi connectivity index (χ4n) is 0.361. The number of nitrogens with zero attached hydrogens (tertiary/aromatic N) is 3. The van der Waals surface area contributed by atoms with Crippen molar-refractivity contribution in [2.75, 3.05) is 0 Å². The Morgan fingerprint density at radius 2 is 2.62 bits per heavy atom. The fourth-order valence-corrected chi connectivity index (χ4v) is 0.361. The quantitative estimate of drug-likeness (QED) is 0.422. The van der Waals surface area contributed by atoms with E-state index in [1.807, 2.05) is 6.07 Å². The van der Waals surface area contributed by atoms with Gasteiger partial charge in [0.15, 0.2) is 0 Å².